The molecule has 1 aliphatic carbocycles. The Balaban J connectivity index is 1.33. The number of hydrogen-bond donors (Lipinski definition) is 2. The molecule has 2 saturated heterocycles. The molecule has 3 aromatic rings. The van der Waals surface area contributed by atoms with Crippen LogP contribution in [-0.4, -0.2) is 53.2 Å². The van der Waals surface area contributed by atoms with Gasteiger partial charge in [-0.15, -0.1) is 0 Å². The van der Waals surface area contributed by atoms with Gasteiger partial charge in [0.25, 0.3) is 5.92 Å². The van der Waals surface area contributed by atoms with E-state index < -0.39 is 57.3 Å². The second-order valence-electron chi connectivity index (χ2n) is 12.3. The molecule has 3 fully saturated rings. The number of nitrogens with zero attached hydrogens (tertiary/aromatic N) is 3. The van der Waals surface area contributed by atoms with Gasteiger partial charge in [0.15, 0.2) is 6.04 Å². The third kappa shape index (κ3) is 5.83. The van der Waals surface area contributed by atoms with Crippen molar-refractivity contribution < 1.29 is 35.2 Å². The van der Waals surface area contributed by atoms with E-state index in [2.05, 4.69) is 5.10 Å². The Kier molecular flexibility index (Phi) is 7.98. The van der Waals surface area contributed by atoms with Crippen LogP contribution in [0.15, 0.2) is 53.6 Å². The minimum absolute atomic E-state index is 0.219. The average molecular weight is 640 g/mol. The first-order valence-electron chi connectivity index (χ1n) is 14.9. The second kappa shape index (κ2) is 11.4. The van der Waals surface area contributed by atoms with Crippen LogP contribution in [0.4, 0.5) is 22.0 Å². The number of sulfonamides is 1. The van der Waals surface area contributed by atoms with Gasteiger partial charge in [0.2, 0.25) is 15.9 Å². The van der Waals surface area contributed by atoms with E-state index in [9.17, 15) is 26.4 Å². The van der Waals surface area contributed by atoms with Crippen molar-refractivity contribution in [1.29, 1.82) is 0 Å². The van der Waals surface area contributed by atoms with Crippen LogP contribution in [0, 0.1) is 5.92 Å². The Morgan fingerprint density at radius 3 is 2.18 bits per heavy atom. The summed E-state index contributed by atoms with van der Waals surface area (Å²) in [5.41, 5.74) is 4.72. The Bertz CT molecular complexity index is 1620. The van der Waals surface area contributed by atoms with Crippen molar-refractivity contribution in [3.8, 4) is 0 Å². The Labute approximate surface area is 251 Å². The van der Waals surface area contributed by atoms with Crippen LogP contribution in [0.3, 0.4) is 0 Å². The molecule has 0 spiro atoms. The van der Waals surface area contributed by atoms with Crippen molar-refractivity contribution in [2.24, 2.45) is 11.7 Å². The van der Waals surface area contributed by atoms with Gasteiger partial charge < -0.3 is 10.6 Å². The van der Waals surface area contributed by atoms with Gasteiger partial charge in [-0.05, 0) is 74.8 Å². The molecule has 3 N–H and O–H groups in total. The van der Waals surface area contributed by atoms with Crippen molar-refractivity contribution in [3.63, 3.8) is 0 Å². The molecule has 6 rings (SSSR count). The van der Waals surface area contributed by atoms with Crippen LogP contribution in [0.5, 0.6) is 0 Å². The van der Waals surface area contributed by atoms with Crippen molar-refractivity contribution in [2.75, 3.05) is 0 Å². The number of nitrogens with two attached hydrogens (primary N) is 1. The van der Waals surface area contributed by atoms with E-state index in [1.54, 1.807) is 10.7 Å². The summed E-state index contributed by atoms with van der Waals surface area (Å²) in [6.07, 6.45) is 3.08. The number of fused-ring (bicyclic) bond motifs is 3. The molecule has 14 heteroatoms. The maximum Gasteiger partial charge on any atom is 0.416 e. The highest BCUT2D eigenvalue weighted by Gasteiger charge is 2.54. The van der Waals surface area contributed by atoms with Gasteiger partial charge in [-0.2, -0.15) is 31.8 Å². The predicted octanol–water partition coefficient (Wildman–Crippen LogP) is 5.16. The number of hydrogen-bond acceptors (Lipinski definition) is 5. The molecule has 2 aromatic carbocycles. The lowest BCUT2D eigenvalue weighted by Gasteiger charge is -2.41. The number of alkyl halides is 5. The molecule has 1 aromatic heterocycles. The third-order valence-electron chi connectivity index (χ3n) is 9.33. The molecule has 3 atom stereocenters. The molecule has 0 radical (unpaired) electrons. The van der Waals surface area contributed by atoms with Crippen LogP contribution in [0.25, 0.3) is 10.9 Å². The SMILES string of the molecule is NC1CC2CCC(C1)N2C(=O)[C@H](NS(=O)(=O)c1ccc2c(cnn2CC2CCCC2)c1)C(F)(F)c1ccc(C(F)(F)F)cc1. The lowest BCUT2D eigenvalue weighted by molar-refractivity contribution is -0.149. The highest BCUT2D eigenvalue weighted by Crippen LogP contribution is 2.41. The summed E-state index contributed by atoms with van der Waals surface area (Å²) >= 11 is 0. The summed E-state index contributed by atoms with van der Waals surface area (Å²) in [4.78, 5) is 14.8. The zero-order valence-corrected chi connectivity index (χ0v) is 24.6. The molecule has 3 heterocycles. The van der Waals surface area contributed by atoms with E-state index in [1.165, 1.54) is 23.2 Å². The Hall–Kier alpha value is -3.10. The standard InChI is InChI=1S/C30H34F5N5O3S/c31-29(32,20-5-7-21(8-6-20)30(33,34)35)27(28(41)40-23-9-10-24(40)15-22(36)14-23)38-44(42,43)25-11-12-26-19(13-25)16-37-39(26)17-18-3-1-2-4-18/h5-8,11-13,16,18,22-24,27,38H,1-4,9-10,14-15,17,36H2/t22?,23?,24?,27-/m0/s1. The van der Waals surface area contributed by atoms with E-state index in [1.807, 2.05) is 4.72 Å². The molecule has 2 unspecified atom stereocenters. The topological polar surface area (TPSA) is 110 Å². The minimum atomic E-state index is -4.76. The first-order chi connectivity index (χ1) is 20.7. The zero-order valence-electron chi connectivity index (χ0n) is 23.8. The van der Waals surface area contributed by atoms with Crippen LogP contribution >= 0.6 is 0 Å². The fourth-order valence-electron chi connectivity index (χ4n) is 7.09. The molecular weight excluding hydrogens is 605 g/mol. The van der Waals surface area contributed by atoms with Gasteiger partial charge in [-0.3, -0.25) is 9.48 Å². The van der Waals surface area contributed by atoms with Crippen LogP contribution in [0.1, 0.15) is 62.5 Å². The van der Waals surface area contributed by atoms with Crippen molar-refractivity contribution in [1.82, 2.24) is 19.4 Å². The third-order valence-corrected chi connectivity index (χ3v) is 10.8. The van der Waals surface area contributed by atoms with Crippen molar-refractivity contribution >= 4 is 26.8 Å². The Morgan fingerprint density at radius 2 is 1.57 bits per heavy atom. The van der Waals surface area contributed by atoms with Gasteiger partial charge in [-0.1, -0.05) is 25.0 Å². The number of piperidine rings is 1. The van der Waals surface area contributed by atoms with E-state index in [0.29, 0.717) is 73.3 Å². The summed E-state index contributed by atoms with van der Waals surface area (Å²) in [6.45, 7) is 0.686. The zero-order chi connectivity index (χ0) is 31.4. The Morgan fingerprint density at radius 1 is 0.955 bits per heavy atom. The number of rotatable bonds is 8. The number of amides is 1. The van der Waals surface area contributed by atoms with E-state index >= 15 is 8.78 Å². The molecule has 1 amide bonds. The predicted molar refractivity (Wildman–Crippen MR) is 152 cm³/mol. The number of carbonyl (C=O) groups excluding carboxylic acids is 1. The second-order valence-corrected chi connectivity index (χ2v) is 14.0. The molecular formula is C30H34F5N5O3S. The van der Waals surface area contributed by atoms with E-state index in [-0.39, 0.29) is 10.9 Å². The van der Waals surface area contributed by atoms with Crippen molar-refractivity contribution in [2.45, 2.75) is 99.1 Å². The largest absolute Gasteiger partial charge is 0.416 e. The minimum Gasteiger partial charge on any atom is -0.335 e. The fourth-order valence-corrected chi connectivity index (χ4v) is 8.32. The number of aromatic nitrogens is 2. The molecule has 1 saturated carbocycles. The summed E-state index contributed by atoms with van der Waals surface area (Å²) in [5, 5.41) is 4.89. The normalized spacial score (nSPS) is 23.9. The van der Waals surface area contributed by atoms with E-state index in [0.717, 1.165) is 25.7 Å². The number of carbonyl (C=O) groups is 1. The molecule has 44 heavy (non-hydrogen) atoms. The number of benzene rings is 2. The van der Waals surface area contributed by atoms with Gasteiger partial charge in [-0.25, -0.2) is 8.42 Å². The number of halogens is 5. The lowest BCUT2D eigenvalue weighted by Crippen LogP contribution is -2.60. The monoisotopic (exact) mass is 639 g/mol. The molecule has 3 aliphatic rings. The average Bonchev–Trinajstić information content (AvgIpc) is 3.70. The van der Waals surface area contributed by atoms with Crippen LogP contribution in [-0.2, 0) is 33.5 Å². The fraction of sp³-hybridized carbons (Fsp3) is 0.533. The molecule has 238 valence electrons. The van der Waals surface area contributed by atoms with Gasteiger partial charge in [0.05, 0.1) is 22.2 Å². The quantitative estimate of drug-likeness (QED) is 0.331. The highest BCUT2D eigenvalue weighted by molar-refractivity contribution is 7.89. The summed E-state index contributed by atoms with van der Waals surface area (Å²) < 4.78 is 103. The molecule has 8 nitrogen and oxygen atoms in total. The summed E-state index contributed by atoms with van der Waals surface area (Å²) in [6, 6.07) is 2.57. The van der Waals surface area contributed by atoms with Crippen LogP contribution < -0.4 is 10.5 Å². The van der Waals surface area contributed by atoms with Crippen molar-refractivity contribution in [3.05, 3.63) is 59.8 Å². The highest BCUT2D eigenvalue weighted by atomic mass is 32.2. The van der Waals surface area contributed by atoms with Gasteiger partial charge in [0.1, 0.15) is 0 Å². The maximum atomic E-state index is 16.2. The number of nitrogens with one attached hydrogen (secondary N) is 1. The molecule has 2 aliphatic heterocycles. The van der Waals surface area contributed by atoms with Crippen LogP contribution in [0.2, 0.25) is 0 Å². The first kappa shape index (κ1) is 30.9. The summed E-state index contributed by atoms with van der Waals surface area (Å²) in [7, 11) is -4.71. The maximum absolute atomic E-state index is 16.2. The first-order valence-corrected chi connectivity index (χ1v) is 16.3. The van der Waals surface area contributed by atoms with E-state index in [4.69, 9.17) is 5.73 Å². The smallest absolute Gasteiger partial charge is 0.335 e. The summed E-state index contributed by atoms with van der Waals surface area (Å²) in [5.74, 6) is -4.85. The lowest BCUT2D eigenvalue weighted by atomic mass is 9.94. The van der Waals surface area contributed by atoms with Gasteiger partial charge >= 0.3 is 6.18 Å². The van der Waals surface area contributed by atoms with Gasteiger partial charge in [0, 0.05) is 35.6 Å². The molecule has 2 bridgehead atoms.